The topological polar surface area (TPSA) is 73.3 Å². The quantitative estimate of drug-likeness (QED) is 0.362. The summed E-state index contributed by atoms with van der Waals surface area (Å²) < 4.78 is 10.8. The fourth-order valence-electron chi connectivity index (χ4n) is 2.35. The molecule has 1 N–H and O–H groups in total. The summed E-state index contributed by atoms with van der Waals surface area (Å²) in [5.74, 6) is 0.102. The molecule has 0 aliphatic carbocycles. The maximum atomic E-state index is 11.9. The largest absolute Gasteiger partial charge is 0.439 e. The molecule has 0 spiro atoms. The molecule has 0 fully saturated rings. The number of carbonyl (C=O) groups excluding carboxylic acids is 1. The molecule has 0 atom stereocenters. The summed E-state index contributed by atoms with van der Waals surface area (Å²) in [5, 5.41) is 5.11. The van der Waals surface area contributed by atoms with Crippen molar-refractivity contribution in [3.63, 3.8) is 0 Å². The maximum Gasteiger partial charge on any atom is 0.314 e. The molecule has 0 aliphatic heterocycles. The van der Waals surface area contributed by atoms with Crippen molar-refractivity contribution >= 4 is 63.3 Å². The fraction of sp³-hybridized carbons (Fsp3) is 0.250. The van der Waals surface area contributed by atoms with Crippen molar-refractivity contribution in [2.75, 3.05) is 12.1 Å². The Balaban J connectivity index is 1.90. The fourth-order valence-corrected chi connectivity index (χ4v) is 3.04. The van der Waals surface area contributed by atoms with Crippen LogP contribution in [0.3, 0.4) is 0 Å². The maximum absolute atomic E-state index is 11.9. The number of hydrogen-bond donors (Lipinski definition) is 1. The van der Waals surface area contributed by atoms with Crippen LogP contribution in [0.1, 0.15) is 20.8 Å². The van der Waals surface area contributed by atoms with Crippen LogP contribution in [0.25, 0.3) is 10.9 Å². The number of carbonyl (C=O) groups is 1. The zero-order valence-electron chi connectivity index (χ0n) is 15.9. The Morgan fingerprint density at radius 1 is 1.00 bits per heavy atom. The normalized spacial score (nSPS) is 11.4. The van der Waals surface area contributed by atoms with E-state index in [4.69, 9.17) is 44.3 Å². The zero-order valence-corrected chi connectivity index (χ0v) is 18.2. The number of anilines is 2. The minimum Gasteiger partial charge on any atom is -0.439 e. The number of hydrogen-bond acceptors (Lipinski definition) is 6. The minimum atomic E-state index is -0.636. The molecule has 0 saturated carbocycles. The summed E-state index contributed by atoms with van der Waals surface area (Å²) in [4.78, 5) is 20.8. The van der Waals surface area contributed by atoms with Gasteiger partial charge in [0.15, 0.2) is 0 Å². The number of halogens is 3. The van der Waals surface area contributed by atoms with Gasteiger partial charge in [0.25, 0.3) is 0 Å². The molecule has 0 aliphatic rings. The van der Waals surface area contributed by atoms with Crippen molar-refractivity contribution < 1.29 is 14.3 Å². The zero-order chi connectivity index (χ0) is 21.2. The molecule has 6 nitrogen and oxygen atoms in total. The Hall–Kier alpha value is -2.28. The molecule has 9 heteroatoms. The van der Waals surface area contributed by atoms with Gasteiger partial charge in [-0.1, -0.05) is 34.8 Å². The van der Waals surface area contributed by atoms with Gasteiger partial charge in [-0.3, -0.25) is 4.79 Å². The summed E-state index contributed by atoms with van der Waals surface area (Å²) >= 11 is 18.2. The minimum absolute atomic E-state index is 0.240. The molecule has 0 saturated heterocycles. The van der Waals surface area contributed by atoms with E-state index in [1.807, 2.05) is 0 Å². The highest BCUT2D eigenvalue weighted by Crippen LogP contribution is 2.29. The third kappa shape index (κ3) is 5.63. The first-order valence-corrected chi connectivity index (χ1v) is 9.76. The average molecular weight is 455 g/mol. The van der Waals surface area contributed by atoms with Gasteiger partial charge in [0.1, 0.15) is 0 Å². The molecule has 0 radical (unpaired) electrons. The SMILES string of the molecule is CC(C)(C)C(=O)OCOc1nc(Nc2cc(Cl)cc(Cl)c2)nc2cc(Cl)ccc12. The van der Waals surface area contributed by atoms with Crippen LogP contribution in [0, 0.1) is 5.41 Å². The number of rotatable bonds is 5. The lowest BCUT2D eigenvalue weighted by Gasteiger charge is -2.17. The Kier molecular flexibility index (Phi) is 6.36. The number of nitrogens with one attached hydrogen (secondary N) is 1. The van der Waals surface area contributed by atoms with Gasteiger partial charge in [0, 0.05) is 20.8 Å². The molecule has 2 aromatic carbocycles. The van der Waals surface area contributed by atoms with Crippen molar-refractivity contribution in [2.45, 2.75) is 20.8 Å². The van der Waals surface area contributed by atoms with E-state index in [-0.39, 0.29) is 24.6 Å². The van der Waals surface area contributed by atoms with E-state index >= 15 is 0 Å². The lowest BCUT2D eigenvalue weighted by Crippen LogP contribution is -2.24. The number of fused-ring (bicyclic) bond motifs is 1. The highest BCUT2D eigenvalue weighted by molar-refractivity contribution is 6.35. The van der Waals surface area contributed by atoms with E-state index in [0.29, 0.717) is 31.7 Å². The predicted molar refractivity (Wildman–Crippen MR) is 115 cm³/mol. The molecular weight excluding hydrogens is 437 g/mol. The Morgan fingerprint density at radius 3 is 2.34 bits per heavy atom. The van der Waals surface area contributed by atoms with E-state index in [0.717, 1.165) is 0 Å². The van der Waals surface area contributed by atoms with Gasteiger partial charge < -0.3 is 14.8 Å². The Morgan fingerprint density at radius 2 is 1.69 bits per heavy atom. The van der Waals surface area contributed by atoms with Gasteiger partial charge >= 0.3 is 5.97 Å². The predicted octanol–water partition coefficient (Wildman–Crippen LogP) is 6.26. The summed E-state index contributed by atoms with van der Waals surface area (Å²) in [6, 6.07) is 10.1. The summed E-state index contributed by atoms with van der Waals surface area (Å²) in [6.07, 6.45) is 0. The molecule has 3 rings (SSSR count). The van der Waals surface area contributed by atoms with Gasteiger partial charge in [-0.2, -0.15) is 4.98 Å². The third-order valence-corrected chi connectivity index (χ3v) is 4.41. The molecule has 152 valence electrons. The van der Waals surface area contributed by atoms with E-state index < -0.39 is 5.41 Å². The Labute approximate surface area is 183 Å². The van der Waals surface area contributed by atoms with Gasteiger partial charge in [0.05, 0.1) is 16.3 Å². The van der Waals surface area contributed by atoms with Crippen molar-refractivity contribution in [2.24, 2.45) is 5.41 Å². The molecular formula is C20H18Cl3N3O3. The van der Waals surface area contributed by atoms with Crippen LogP contribution in [0.15, 0.2) is 36.4 Å². The van der Waals surface area contributed by atoms with Crippen molar-refractivity contribution in [1.29, 1.82) is 0 Å². The second-order valence-corrected chi connectivity index (χ2v) is 8.55. The highest BCUT2D eigenvalue weighted by atomic mass is 35.5. The number of ether oxygens (including phenoxy) is 2. The van der Waals surface area contributed by atoms with E-state index in [1.54, 1.807) is 57.2 Å². The van der Waals surface area contributed by atoms with Gasteiger partial charge in [-0.15, -0.1) is 0 Å². The van der Waals surface area contributed by atoms with Gasteiger partial charge in [-0.05, 0) is 57.2 Å². The van der Waals surface area contributed by atoms with Gasteiger partial charge in [0.2, 0.25) is 18.6 Å². The first-order valence-electron chi connectivity index (χ1n) is 8.62. The lowest BCUT2D eigenvalue weighted by atomic mass is 9.98. The van der Waals surface area contributed by atoms with Crippen molar-refractivity contribution in [3.8, 4) is 5.88 Å². The molecule has 0 unspecified atom stereocenters. The summed E-state index contributed by atoms with van der Waals surface area (Å²) in [6.45, 7) is 4.99. The second-order valence-electron chi connectivity index (χ2n) is 7.24. The van der Waals surface area contributed by atoms with Crippen LogP contribution < -0.4 is 10.1 Å². The third-order valence-electron chi connectivity index (χ3n) is 3.74. The molecule has 1 aromatic heterocycles. The molecule has 29 heavy (non-hydrogen) atoms. The smallest absolute Gasteiger partial charge is 0.314 e. The van der Waals surface area contributed by atoms with E-state index in [1.165, 1.54) is 0 Å². The average Bonchev–Trinajstić information content (AvgIpc) is 2.59. The van der Waals surface area contributed by atoms with Crippen LogP contribution in [0.5, 0.6) is 5.88 Å². The number of benzene rings is 2. The molecule has 1 heterocycles. The van der Waals surface area contributed by atoms with Crippen LogP contribution in [0.2, 0.25) is 15.1 Å². The van der Waals surface area contributed by atoms with Crippen LogP contribution in [-0.2, 0) is 9.53 Å². The van der Waals surface area contributed by atoms with Gasteiger partial charge in [-0.25, -0.2) is 4.98 Å². The van der Waals surface area contributed by atoms with E-state index in [2.05, 4.69) is 15.3 Å². The molecule has 0 amide bonds. The first kappa shape index (κ1) is 21.4. The monoisotopic (exact) mass is 453 g/mol. The van der Waals surface area contributed by atoms with Crippen LogP contribution >= 0.6 is 34.8 Å². The second kappa shape index (κ2) is 8.61. The van der Waals surface area contributed by atoms with E-state index in [9.17, 15) is 4.79 Å². The number of esters is 1. The van der Waals surface area contributed by atoms with Crippen LogP contribution in [-0.4, -0.2) is 22.7 Å². The standard InChI is InChI=1S/C20H18Cl3N3O3/c1-20(2,3)18(27)29-10-28-17-15-5-4-11(21)9-16(15)25-19(26-17)24-14-7-12(22)6-13(23)8-14/h4-9H,10H2,1-3H3,(H,24,25,26). The number of nitrogens with zero attached hydrogens (tertiary/aromatic N) is 2. The van der Waals surface area contributed by atoms with Crippen molar-refractivity contribution in [3.05, 3.63) is 51.5 Å². The van der Waals surface area contributed by atoms with Crippen LogP contribution in [0.4, 0.5) is 11.6 Å². The lowest BCUT2D eigenvalue weighted by molar-refractivity contribution is -0.159. The Bertz CT molecular complexity index is 1050. The number of aromatic nitrogens is 2. The summed E-state index contributed by atoms with van der Waals surface area (Å²) in [7, 11) is 0. The molecule has 3 aromatic rings. The van der Waals surface area contributed by atoms with Crippen molar-refractivity contribution in [1.82, 2.24) is 9.97 Å². The highest BCUT2D eigenvalue weighted by Gasteiger charge is 2.23. The first-order chi connectivity index (χ1) is 13.6. The summed E-state index contributed by atoms with van der Waals surface area (Å²) in [5.41, 5.74) is 0.526. The molecule has 0 bridgehead atoms.